The minimum atomic E-state index is 0.0590. The van der Waals surface area contributed by atoms with Gasteiger partial charge in [-0.05, 0) is 61.2 Å². The molecular weight excluding hydrogens is 378 g/mol. The lowest BCUT2D eigenvalue weighted by Crippen LogP contribution is -2.28. The predicted octanol–water partition coefficient (Wildman–Crippen LogP) is 3.42. The average molecular weight is 403 g/mol. The summed E-state index contributed by atoms with van der Waals surface area (Å²) in [6.45, 7) is 7.65. The fourth-order valence-electron chi connectivity index (χ4n) is 3.78. The van der Waals surface area contributed by atoms with Crippen LogP contribution in [0.5, 0.6) is 5.75 Å². The van der Waals surface area contributed by atoms with Crippen molar-refractivity contribution in [3.8, 4) is 5.75 Å². The first-order chi connectivity index (χ1) is 14.4. The van der Waals surface area contributed by atoms with Gasteiger partial charge in [0, 0.05) is 41.8 Å². The number of aryl methyl sites for hydroxylation is 1. The van der Waals surface area contributed by atoms with Crippen LogP contribution in [0.15, 0.2) is 43.2 Å². The Morgan fingerprint density at radius 1 is 1.23 bits per heavy atom. The van der Waals surface area contributed by atoms with Crippen LogP contribution in [0.2, 0.25) is 0 Å². The molecule has 1 fully saturated rings. The number of nitrogens with one attached hydrogen (secondary N) is 1. The molecule has 1 aliphatic rings. The second-order valence-corrected chi connectivity index (χ2v) is 7.63. The van der Waals surface area contributed by atoms with Gasteiger partial charge in [-0.2, -0.15) is 0 Å². The molecule has 7 nitrogen and oxygen atoms in total. The van der Waals surface area contributed by atoms with Crippen LogP contribution in [0, 0.1) is 6.92 Å². The van der Waals surface area contributed by atoms with Gasteiger partial charge in [-0.25, -0.2) is 9.97 Å². The Balaban J connectivity index is 1.63. The number of aromatic nitrogens is 2. The highest BCUT2D eigenvalue weighted by atomic mass is 16.3. The number of carbonyl (C=O) groups is 1. The molecule has 0 radical (unpaired) electrons. The van der Waals surface area contributed by atoms with Crippen LogP contribution in [0.3, 0.4) is 0 Å². The van der Waals surface area contributed by atoms with E-state index in [1.165, 1.54) is 6.33 Å². The molecule has 0 aliphatic carbocycles. The number of fused-ring (bicyclic) bond motifs is 1. The number of carbonyl (C=O) groups excluding carboxylic acids is 1. The highest BCUT2D eigenvalue weighted by Gasteiger charge is 2.22. The fraction of sp³-hybridized carbons (Fsp3) is 0.261. The van der Waals surface area contributed by atoms with Crippen molar-refractivity contribution >= 4 is 28.3 Å². The summed E-state index contributed by atoms with van der Waals surface area (Å²) < 4.78 is 0. The highest BCUT2D eigenvalue weighted by molar-refractivity contribution is 6.01. The van der Waals surface area contributed by atoms with Crippen LogP contribution in [0.1, 0.15) is 39.9 Å². The first-order valence-corrected chi connectivity index (χ1v) is 9.99. The topological polar surface area (TPSA) is 104 Å². The maximum absolute atomic E-state index is 12.9. The van der Waals surface area contributed by atoms with Crippen molar-refractivity contribution in [3.63, 3.8) is 0 Å². The number of phenolic OH excluding ortho intramolecular Hbond substituents is 1. The Bertz CT molecular complexity index is 1140. The predicted molar refractivity (Wildman–Crippen MR) is 118 cm³/mol. The summed E-state index contributed by atoms with van der Waals surface area (Å²) in [5.41, 5.74) is 9.93. The minimum absolute atomic E-state index is 0.0590. The summed E-state index contributed by atoms with van der Waals surface area (Å²) in [5, 5.41) is 14.3. The van der Waals surface area contributed by atoms with Gasteiger partial charge in [-0.3, -0.25) is 4.79 Å². The number of benzene rings is 2. The summed E-state index contributed by atoms with van der Waals surface area (Å²) >= 11 is 0. The molecule has 0 atom stereocenters. The van der Waals surface area contributed by atoms with E-state index in [9.17, 15) is 9.90 Å². The molecule has 2 aromatic carbocycles. The molecule has 30 heavy (non-hydrogen) atoms. The van der Waals surface area contributed by atoms with Crippen LogP contribution in [-0.2, 0) is 6.54 Å². The highest BCUT2D eigenvalue weighted by Crippen LogP contribution is 2.27. The van der Waals surface area contributed by atoms with Gasteiger partial charge in [0.05, 0.1) is 5.52 Å². The van der Waals surface area contributed by atoms with Crippen molar-refractivity contribution in [2.75, 3.05) is 18.4 Å². The van der Waals surface area contributed by atoms with E-state index < -0.39 is 0 Å². The van der Waals surface area contributed by atoms with Crippen LogP contribution >= 0.6 is 0 Å². The van der Waals surface area contributed by atoms with Crippen molar-refractivity contribution in [1.29, 1.82) is 0 Å². The molecule has 7 heteroatoms. The number of aromatic hydroxyl groups is 1. The van der Waals surface area contributed by atoms with Crippen LogP contribution in [0.4, 0.5) is 5.82 Å². The maximum atomic E-state index is 12.9. The Morgan fingerprint density at radius 2 is 2.00 bits per heavy atom. The number of anilines is 1. The first-order valence-electron chi connectivity index (χ1n) is 9.99. The Hall–Kier alpha value is -3.61. The van der Waals surface area contributed by atoms with E-state index in [1.807, 2.05) is 24.0 Å². The normalized spacial score (nSPS) is 13.6. The zero-order valence-corrected chi connectivity index (χ0v) is 17.0. The summed E-state index contributed by atoms with van der Waals surface area (Å²) in [5.74, 6) is 0.865. The lowest BCUT2D eigenvalue weighted by atomic mass is 10.0. The molecule has 0 bridgehead atoms. The molecule has 1 saturated heterocycles. The van der Waals surface area contributed by atoms with E-state index in [1.54, 1.807) is 18.2 Å². The zero-order chi connectivity index (χ0) is 21.3. The van der Waals surface area contributed by atoms with E-state index in [0.29, 0.717) is 34.7 Å². The number of phenols is 1. The minimum Gasteiger partial charge on any atom is -0.508 e. The number of nitrogens with zero attached hydrogens (tertiary/aromatic N) is 3. The Labute approximate surface area is 175 Å². The zero-order valence-electron chi connectivity index (χ0n) is 17.0. The van der Waals surface area contributed by atoms with Gasteiger partial charge < -0.3 is 21.1 Å². The van der Waals surface area contributed by atoms with Crippen molar-refractivity contribution in [2.24, 2.45) is 5.73 Å². The van der Waals surface area contributed by atoms with Gasteiger partial charge in [0.2, 0.25) is 0 Å². The van der Waals surface area contributed by atoms with Crippen LogP contribution in [-0.4, -0.2) is 39.0 Å². The lowest BCUT2D eigenvalue weighted by Gasteiger charge is -2.17. The van der Waals surface area contributed by atoms with Gasteiger partial charge in [0.25, 0.3) is 5.91 Å². The molecule has 1 aromatic heterocycles. The molecule has 1 amide bonds. The fourth-order valence-corrected chi connectivity index (χ4v) is 3.78. The second-order valence-electron chi connectivity index (χ2n) is 7.63. The van der Waals surface area contributed by atoms with Gasteiger partial charge in [-0.1, -0.05) is 6.58 Å². The third-order valence-electron chi connectivity index (χ3n) is 5.50. The number of nitrogens with two attached hydrogens (primary N) is 1. The standard InChI is InChI=1S/C23H25N5O2/c1-14-9-19-20(11-18(14)23(30)28-7-3-4-8-28)26-13-27-22(19)25-12-17-10-16(15(2)24)5-6-21(17)29/h5-6,9-11,13,29H,2-4,7-8,12,24H2,1H3,(H,25,26,27). The Morgan fingerprint density at radius 3 is 2.73 bits per heavy atom. The SMILES string of the molecule is C=C(N)c1ccc(O)c(CNc2ncnc3cc(C(=O)N4CCCC4)c(C)cc23)c1. The first kappa shape index (κ1) is 19.7. The summed E-state index contributed by atoms with van der Waals surface area (Å²) in [6, 6.07) is 8.91. The van der Waals surface area contributed by atoms with E-state index in [4.69, 9.17) is 5.73 Å². The molecule has 4 N–H and O–H groups in total. The molecule has 0 unspecified atom stereocenters. The third-order valence-corrected chi connectivity index (χ3v) is 5.50. The number of hydrogen-bond acceptors (Lipinski definition) is 6. The summed E-state index contributed by atoms with van der Waals surface area (Å²) in [6.07, 6.45) is 3.59. The monoisotopic (exact) mass is 403 g/mol. The van der Waals surface area contributed by atoms with E-state index >= 15 is 0 Å². The third kappa shape index (κ3) is 3.78. The molecule has 0 saturated carbocycles. The smallest absolute Gasteiger partial charge is 0.254 e. The van der Waals surface area contributed by atoms with Gasteiger partial charge >= 0.3 is 0 Å². The lowest BCUT2D eigenvalue weighted by molar-refractivity contribution is 0.0792. The van der Waals surface area contributed by atoms with Crippen molar-refractivity contribution in [1.82, 2.24) is 14.9 Å². The number of rotatable bonds is 5. The van der Waals surface area contributed by atoms with Crippen LogP contribution in [0.25, 0.3) is 16.6 Å². The van der Waals surface area contributed by atoms with Crippen molar-refractivity contribution in [2.45, 2.75) is 26.3 Å². The number of likely N-dealkylation sites (tertiary alicyclic amines) is 1. The quantitative estimate of drug-likeness (QED) is 0.603. The molecule has 1 aliphatic heterocycles. The van der Waals surface area contributed by atoms with E-state index in [-0.39, 0.29) is 11.7 Å². The number of hydrogen-bond donors (Lipinski definition) is 3. The molecule has 3 aromatic rings. The van der Waals surface area contributed by atoms with Gasteiger partial charge in [-0.15, -0.1) is 0 Å². The Kier molecular flexibility index (Phi) is 5.27. The van der Waals surface area contributed by atoms with Crippen LogP contribution < -0.4 is 11.1 Å². The number of amides is 1. The molecular formula is C23H25N5O2. The molecule has 154 valence electrons. The van der Waals surface area contributed by atoms with E-state index in [0.717, 1.165) is 42.4 Å². The molecule has 2 heterocycles. The second kappa shape index (κ2) is 8.02. The maximum Gasteiger partial charge on any atom is 0.254 e. The molecule has 4 rings (SSSR count). The largest absolute Gasteiger partial charge is 0.508 e. The van der Waals surface area contributed by atoms with Gasteiger partial charge in [0.15, 0.2) is 0 Å². The van der Waals surface area contributed by atoms with Gasteiger partial charge in [0.1, 0.15) is 17.9 Å². The van der Waals surface area contributed by atoms with E-state index in [2.05, 4.69) is 21.9 Å². The van der Waals surface area contributed by atoms with Crippen molar-refractivity contribution in [3.05, 3.63) is 65.5 Å². The molecule has 0 spiro atoms. The summed E-state index contributed by atoms with van der Waals surface area (Å²) in [7, 11) is 0. The van der Waals surface area contributed by atoms with Crippen molar-refractivity contribution < 1.29 is 9.90 Å². The summed E-state index contributed by atoms with van der Waals surface area (Å²) in [4.78, 5) is 23.5. The average Bonchev–Trinajstić information content (AvgIpc) is 3.27.